The molecule has 5 heteroatoms. The van der Waals surface area contributed by atoms with Crippen molar-refractivity contribution in [3.8, 4) is 0 Å². The van der Waals surface area contributed by atoms with Gasteiger partial charge in [0.2, 0.25) is 0 Å². The maximum absolute atomic E-state index is 12.6. The number of aliphatic hydroxyl groups is 1. The number of aryl methyl sites for hydroxylation is 1. The van der Waals surface area contributed by atoms with Crippen molar-refractivity contribution in [3.05, 3.63) is 35.9 Å². The first-order chi connectivity index (χ1) is 11.1. The number of aliphatic hydroxyl groups excluding tert-OH is 1. The Labute approximate surface area is 144 Å². The van der Waals surface area contributed by atoms with Gasteiger partial charge in [-0.15, -0.1) is 0 Å². The van der Waals surface area contributed by atoms with Gasteiger partial charge in [0, 0.05) is 0 Å². The van der Waals surface area contributed by atoms with Crippen LogP contribution in [0.4, 0.5) is 4.79 Å². The topological polar surface area (TPSA) is 59.0 Å². The summed E-state index contributed by atoms with van der Waals surface area (Å²) in [5.41, 5.74) is -0.214. The Hall–Kier alpha value is -1.59. The van der Waals surface area contributed by atoms with Gasteiger partial charge in [0.15, 0.2) is 0 Å². The van der Waals surface area contributed by atoms with E-state index < -0.39 is 29.6 Å². The molecule has 1 aliphatic heterocycles. The molecule has 2 rings (SSSR count). The predicted octanol–water partition coefficient (Wildman–Crippen LogP) is 3.35. The van der Waals surface area contributed by atoms with E-state index in [0.29, 0.717) is 13.0 Å². The molecule has 1 fully saturated rings. The molecule has 1 aliphatic rings. The minimum absolute atomic E-state index is 0.308. The first-order valence-corrected chi connectivity index (χ1v) is 8.48. The van der Waals surface area contributed by atoms with Crippen molar-refractivity contribution in [1.29, 1.82) is 0 Å². The molecule has 0 saturated carbocycles. The summed E-state index contributed by atoms with van der Waals surface area (Å²) in [6.45, 7) is 9.44. The molecular formula is C19H29NO4. The van der Waals surface area contributed by atoms with Crippen molar-refractivity contribution < 1.29 is 19.4 Å². The molecule has 1 aromatic carbocycles. The lowest BCUT2D eigenvalue weighted by molar-refractivity contribution is -0.0680. The zero-order chi connectivity index (χ0) is 18.0. The molecule has 0 aliphatic carbocycles. The average Bonchev–Trinajstić information content (AvgIpc) is 2.79. The van der Waals surface area contributed by atoms with Gasteiger partial charge in [0.05, 0.1) is 18.8 Å². The van der Waals surface area contributed by atoms with Gasteiger partial charge >= 0.3 is 6.09 Å². The lowest BCUT2D eigenvalue weighted by atomic mass is 10.0. The van der Waals surface area contributed by atoms with Crippen LogP contribution in [0.15, 0.2) is 30.3 Å². The van der Waals surface area contributed by atoms with Crippen molar-refractivity contribution in [1.82, 2.24) is 4.90 Å². The van der Waals surface area contributed by atoms with Crippen LogP contribution in [-0.4, -0.2) is 46.2 Å². The van der Waals surface area contributed by atoms with Gasteiger partial charge in [-0.3, -0.25) is 4.90 Å². The third kappa shape index (κ3) is 4.71. The highest BCUT2D eigenvalue weighted by Crippen LogP contribution is 2.31. The fourth-order valence-electron chi connectivity index (χ4n) is 2.93. The lowest BCUT2D eigenvalue weighted by Gasteiger charge is -2.36. The minimum atomic E-state index is -0.791. The number of amides is 1. The van der Waals surface area contributed by atoms with E-state index in [-0.39, 0.29) is 0 Å². The number of nitrogens with zero attached hydrogens (tertiary/aromatic N) is 1. The Balaban J connectivity index is 2.05. The molecule has 0 bridgehead atoms. The second-order valence-corrected chi connectivity index (χ2v) is 7.77. The number of benzene rings is 1. The van der Waals surface area contributed by atoms with Crippen LogP contribution in [0.1, 0.15) is 46.6 Å². The summed E-state index contributed by atoms with van der Waals surface area (Å²) < 4.78 is 11.2. The monoisotopic (exact) mass is 335 g/mol. The fraction of sp³-hybridized carbons (Fsp3) is 0.632. The van der Waals surface area contributed by atoms with Crippen molar-refractivity contribution in [2.45, 2.75) is 70.9 Å². The highest BCUT2D eigenvalue weighted by atomic mass is 16.6. The van der Waals surface area contributed by atoms with Gasteiger partial charge in [-0.05, 0) is 53.0 Å². The largest absolute Gasteiger partial charge is 0.444 e. The Morgan fingerprint density at radius 3 is 2.58 bits per heavy atom. The van der Waals surface area contributed by atoms with E-state index in [0.717, 1.165) is 6.42 Å². The van der Waals surface area contributed by atoms with Crippen LogP contribution in [0.25, 0.3) is 0 Å². The third-order valence-corrected chi connectivity index (χ3v) is 4.13. The van der Waals surface area contributed by atoms with Crippen molar-refractivity contribution in [2.24, 2.45) is 0 Å². The van der Waals surface area contributed by atoms with E-state index in [1.807, 2.05) is 65.0 Å². The van der Waals surface area contributed by atoms with E-state index >= 15 is 0 Å². The third-order valence-electron chi connectivity index (χ3n) is 4.13. The van der Waals surface area contributed by atoms with Gasteiger partial charge in [0.1, 0.15) is 11.3 Å². The van der Waals surface area contributed by atoms with E-state index in [9.17, 15) is 9.90 Å². The van der Waals surface area contributed by atoms with E-state index in [2.05, 4.69) is 0 Å². The second kappa shape index (κ2) is 7.11. The molecular weight excluding hydrogens is 306 g/mol. The highest BCUT2D eigenvalue weighted by Gasteiger charge is 2.48. The molecule has 0 aromatic heterocycles. The standard InChI is InChI=1S/C19H29NO4/c1-18(2,3)24-17(22)20-15(13-23-19(20,4)5)16(21)12-11-14-9-7-6-8-10-14/h6-10,15-16,21H,11-13H2,1-5H3/t15-,16?/m0/s1. The number of hydrogen-bond acceptors (Lipinski definition) is 4. The molecule has 1 amide bonds. The molecule has 24 heavy (non-hydrogen) atoms. The Morgan fingerprint density at radius 2 is 2.00 bits per heavy atom. The highest BCUT2D eigenvalue weighted by molar-refractivity contribution is 5.69. The van der Waals surface area contributed by atoms with Crippen LogP contribution in [0, 0.1) is 0 Å². The van der Waals surface area contributed by atoms with Crippen molar-refractivity contribution in [2.75, 3.05) is 6.61 Å². The smallest absolute Gasteiger partial charge is 0.412 e. The summed E-state index contributed by atoms with van der Waals surface area (Å²) in [7, 11) is 0. The maximum Gasteiger partial charge on any atom is 0.412 e. The maximum atomic E-state index is 12.6. The quantitative estimate of drug-likeness (QED) is 0.917. The molecule has 1 N–H and O–H groups in total. The summed E-state index contributed by atoms with van der Waals surface area (Å²) in [5.74, 6) is 0. The van der Waals surface area contributed by atoms with Crippen LogP contribution in [0.3, 0.4) is 0 Å². The minimum Gasteiger partial charge on any atom is -0.444 e. The summed E-state index contributed by atoms with van der Waals surface area (Å²) in [5, 5.41) is 10.6. The fourth-order valence-corrected chi connectivity index (χ4v) is 2.93. The van der Waals surface area contributed by atoms with E-state index in [4.69, 9.17) is 9.47 Å². The Kier molecular flexibility index (Phi) is 5.56. The summed E-state index contributed by atoms with van der Waals surface area (Å²) >= 11 is 0. The zero-order valence-electron chi connectivity index (χ0n) is 15.3. The van der Waals surface area contributed by atoms with Gasteiger partial charge in [0.25, 0.3) is 0 Å². The second-order valence-electron chi connectivity index (χ2n) is 7.77. The molecule has 1 heterocycles. The SMILES string of the molecule is CC(C)(C)OC(=O)N1[C@H](C(O)CCc2ccccc2)COC1(C)C. The van der Waals surface area contributed by atoms with Crippen LogP contribution in [-0.2, 0) is 15.9 Å². The lowest BCUT2D eigenvalue weighted by Crippen LogP contribution is -2.53. The predicted molar refractivity (Wildman–Crippen MR) is 92.7 cm³/mol. The number of hydrogen-bond donors (Lipinski definition) is 1. The molecule has 0 spiro atoms. The first kappa shape index (κ1) is 18.7. The van der Waals surface area contributed by atoms with Crippen molar-refractivity contribution >= 4 is 6.09 Å². The van der Waals surface area contributed by atoms with Gasteiger partial charge in [-0.25, -0.2) is 4.79 Å². The molecule has 1 aromatic rings. The number of carbonyl (C=O) groups excluding carboxylic acids is 1. The molecule has 1 unspecified atom stereocenters. The van der Waals surface area contributed by atoms with Crippen molar-refractivity contribution in [3.63, 3.8) is 0 Å². The van der Waals surface area contributed by atoms with Crippen LogP contribution >= 0.6 is 0 Å². The summed E-state index contributed by atoms with van der Waals surface area (Å²) in [4.78, 5) is 14.1. The Morgan fingerprint density at radius 1 is 1.38 bits per heavy atom. The van der Waals surface area contributed by atoms with Crippen LogP contribution < -0.4 is 0 Å². The van der Waals surface area contributed by atoms with Gasteiger partial charge < -0.3 is 14.6 Å². The molecule has 5 nitrogen and oxygen atoms in total. The number of carbonyl (C=O) groups is 1. The van der Waals surface area contributed by atoms with E-state index in [1.165, 1.54) is 10.5 Å². The number of ether oxygens (including phenoxy) is 2. The molecule has 1 saturated heterocycles. The number of rotatable bonds is 4. The Bertz CT molecular complexity index is 550. The zero-order valence-corrected chi connectivity index (χ0v) is 15.3. The van der Waals surface area contributed by atoms with Gasteiger partial charge in [-0.2, -0.15) is 0 Å². The van der Waals surface area contributed by atoms with Crippen LogP contribution in [0.2, 0.25) is 0 Å². The first-order valence-electron chi connectivity index (χ1n) is 8.48. The molecule has 2 atom stereocenters. The van der Waals surface area contributed by atoms with E-state index in [1.54, 1.807) is 0 Å². The molecule has 134 valence electrons. The average molecular weight is 335 g/mol. The summed E-state index contributed by atoms with van der Waals surface area (Å²) in [6.07, 6.45) is 0.197. The molecule has 0 radical (unpaired) electrons. The van der Waals surface area contributed by atoms with Crippen LogP contribution in [0.5, 0.6) is 0 Å². The normalized spacial score (nSPS) is 21.6. The summed E-state index contributed by atoms with van der Waals surface area (Å²) in [6, 6.07) is 9.60. The van der Waals surface area contributed by atoms with Gasteiger partial charge in [-0.1, -0.05) is 30.3 Å².